The van der Waals surface area contributed by atoms with E-state index in [-0.39, 0.29) is 18.6 Å². The van der Waals surface area contributed by atoms with E-state index in [1.807, 2.05) is 0 Å². The van der Waals surface area contributed by atoms with Crippen LogP contribution in [-0.4, -0.2) is 23.7 Å². The number of rotatable bonds is 2. The molecule has 1 amide bonds. The minimum Gasteiger partial charge on any atom is -0.396 e. The molecule has 1 rings (SSSR count). The largest absolute Gasteiger partial charge is 0.396 e. The number of hydrogen-bond acceptors (Lipinski definition) is 2. The van der Waals surface area contributed by atoms with Crippen molar-refractivity contribution in [2.24, 2.45) is 5.92 Å². The monoisotopic (exact) mass is 157 g/mol. The molecule has 0 aromatic heterocycles. The summed E-state index contributed by atoms with van der Waals surface area (Å²) in [6, 6.07) is 0.220. The number of carbonyl (C=O) groups excluding carboxylic acids is 1. The lowest BCUT2D eigenvalue weighted by atomic mass is 10.1. The maximum absolute atomic E-state index is 10.7. The molecule has 3 nitrogen and oxygen atoms in total. The molecule has 0 spiro atoms. The van der Waals surface area contributed by atoms with Gasteiger partial charge in [-0.1, -0.05) is 6.42 Å². The van der Waals surface area contributed by atoms with Gasteiger partial charge in [-0.3, -0.25) is 4.79 Å². The topological polar surface area (TPSA) is 49.3 Å². The molecular formula is C8H15NO2. The van der Waals surface area contributed by atoms with Gasteiger partial charge < -0.3 is 10.4 Å². The van der Waals surface area contributed by atoms with Gasteiger partial charge in [0, 0.05) is 25.5 Å². The van der Waals surface area contributed by atoms with Crippen LogP contribution in [0.2, 0.25) is 0 Å². The highest BCUT2D eigenvalue weighted by Crippen LogP contribution is 2.24. The van der Waals surface area contributed by atoms with Crippen LogP contribution in [0, 0.1) is 5.92 Å². The molecule has 1 aliphatic rings. The zero-order valence-corrected chi connectivity index (χ0v) is 6.84. The Morgan fingerprint density at radius 2 is 2.36 bits per heavy atom. The molecule has 0 aliphatic heterocycles. The summed E-state index contributed by atoms with van der Waals surface area (Å²) in [6.07, 6.45) is 3.18. The first kappa shape index (κ1) is 8.53. The summed E-state index contributed by atoms with van der Waals surface area (Å²) in [5.41, 5.74) is 0. The zero-order chi connectivity index (χ0) is 8.27. The Hall–Kier alpha value is -0.570. The van der Waals surface area contributed by atoms with Gasteiger partial charge in [0.2, 0.25) is 5.91 Å². The summed E-state index contributed by atoms with van der Waals surface area (Å²) in [4.78, 5) is 10.7. The fourth-order valence-corrected chi connectivity index (χ4v) is 1.71. The van der Waals surface area contributed by atoms with Crippen molar-refractivity contribution in [3.8, 4) is 0 Å². The zero-order valence-electron chi connectivity index (χ0n) is 6.84. The van der Waals surface area contributed by atoms with E-state index in [2.05, 4.69) is 5.32 Å². The van der Waals surface area contributed by atoms with Gasteiger partial charge in [-0.25, -0.2) is 0 Å². The van der Waals surface area contributed by atoms with Crippen molar-refractivity contribution >= 4 is 5.91 Å². The van der Waals surface area contributed by atoms with Crippen molar-refractivity contribution in [1.29, 1.82) is 0 Å². The lowest BCUT2D eigenvalue weighted by Crippen LogP contribution is -2.37. The molecule has 3 heteroatoms. The van der Waals surface area contributed by atoms with Crippen molar-refractivity contribution in [2.75, 3.05) is 6.61 Å². The van der Waals surface area contributed by atoms with E-state index in [9.17, 15) is 4.79 Å². The Labute approximate surface area is 66.8 Å². The first-order valence-corrected chi connectivity index (χ1v) is 4.12. The lowest BCUT2D eigenvalue weighted by Gasteiger charge is -2.17. The molecule has 0 bridgehead atoms. The van der Waals surface area contributed by atoms with Crippen LogP contribution < -0.4 is 5.32 Å². The standard InChI is InChI=1S/C8H15NO2/c1-6(11)9-8-4-2-3-7(8)5-10/h7-8,10H,2-5H2,1H3,(H,9,11). The maximum Gasteiger partial charge on any atom is 0.217 e. The van der Waals surface area contributed by atoms with Gasteiger partial charge in [0.15, 0.2) is 0 Å². The number of nitrogens with one attached hydrogen (secondary N) is 1. The van der Waals surface area contributed by atoms with Crippen LogP contribution in [0.1, 0.15) is 26.2 Å². The molecule has 2 atom stereocenters. The molecule has 1 fully saturated rings. The van der Waals surface area contributed by atoms with Crippen LogP contribution in [0.15, 0.2) is 0 Å². The van der Waals surface area contributed by atoms with Crippen LogP contribution in [-0.2, 0) is 4.79 Å². The average Bonchev–Trinajstić information content (AvgIpc) is 2.34. The SMILES string of the molecule is CC(=O)NC1CCCC1CO. The van der Waals surface area contributed by atoms with E-state index in [0.717, 1.165) is 19.3 Å². The highest BCUT2D eigenvalue weighted by molar-refractivity contribution is 5.73. The van der Waals surface area contributed by atoms with Crippen LogP contribution in [0.3, 0.4) is 0 Å². The molecule has 64 valence electrons. The van der Waals surface area contributed by atoms with Gasteiger partial charge in [-0.05, 0) is 12.8 Å². The lowest BCUT2D eigenvalue weighted by molar-refractivity contribution is -0.119. The first-order chi connectivity index (χ1) is 5.24. The van der Waals surface area contributed by atoms with Gasteiger partial charge in [0.05, 0.1) is 0 Å². The summed E-state index contributed by atoms with van der Waals surface area (Å²) in [6.45, 7) is 1.72. The number of amides is 1. The summed E-state index contributed by atoms with van der Waals surface area (Å²) in [5.74, 6) is 0.300. The molecule has 0 heterocycles. The smallest absolute Gasteiger partial charge is 0.217 e. The number of aliphatic hydroxyl groups is 1. The fraction of sp³-hybridized carbons (Fsp3) is 0.875. The Balaban J connectivity index is 2.37. The van der Waals surface area contributed by atoms with Gasteiger partial charge in [0.25, 0.3) is 0 Å². The van der Waals surface area contributed by atoms with E-state index < -0.39 is 0 Å². The predicted octanol–water partition coefficient (Wildman–Crippen LogP) is 0.283. The second-order valence-corrected chi connectivity index (χ2v) is 3.18. The minimum absolute atomic E-state index is 0.00958. The van der Waals surface area contributed by atoms with E-state index in [1.165, 1.54) is 6.92 Å². The summed E-state index contributed by atoms with van der Waals surface area (Å²) in [5, 5.41) is 11.7. The Kier molecular flexibility index (Phi) is 2.88. The molecule has 2 unspecified atom stereocenters. The van der Waals surface area contributed by atoms with E-state index in [1.54, 1.807) is 0 Å². The van der Waals surface area contributed by atoms with E-state index in [4.69, 9.17) is 5.11 Å². The molecular weight excluding hydrogens is 142 g/mol. The molecule has 2 N–H and O–H groups in total. The van der Waals surface area contributed by atoms with Gasteiger partial charge >= 0.3 is 0 Å². The van der Waals surface area contributed by atoms with Gasteiger partial charge in [-0.15, -0.1) is 0 Å². The van der Waals surface area contributed by atoms with Crippen molar-refractivity contribution in [3.63, 3.8) is 0 Å². The second kappa shape index (κ2) is 3.72. The number of aliphatic hydroxyl groups excluding tert-OH is 1. The molecule has 0 aromatic rings. The quantitative estimate of drug-likeness (QED) is 0.605. The highest BCUT2D eigenvalue weighted by Gasteiger charge is 2.26. The summed E-state index contributed by atoms with van der Waals surface area (Å²) in [7, 11) is 0. The van der Waals surface area contributed by atoms with Gasteiger partial charge in [-0.2, -0.15) is 0 Å². The van der Waals surface area contributed by atoms with Crippen LogP contribution in [0.5, 0.6) is 0 Å². The van der Waals surface area contributed by atoms with Crippen LogP contribution in [0.4, 0.5) is 0 Å². The van der Waals surface area contributed by atoms with Crippen molar-refractivity contribution in [2.45, 2.75) is 32.2 Å². The predicted molar refractivity (Wildman–Crippen MR) is 42.0 cm³/mol. The van der Waals surface area contributed by atoms with E-state index in [0.29, 0.717) is 5.92 Å². The maximum atomic E-state index is 10.7. The highest BCUT2D eigenvalue weighted by atomic mass is 16.3. The first-order valence-electron chi connectivity index (χ1n) is 4.12. The Morgan fingerprint density at radius 1 is 1.64 bits per heavy atom. The molecule has 0 radical (unpaired) electrons. The van der Waals surface area contributed by atoms with Crippen molar-refractivity contribution in [1.82, 2.24) is 5.32 Å². The average molecular weight is 157 g/mol. The van der Waals surface area contributed by atoms with Crippen molar-refractivity contribution < 1.29 is 9.90 Å². The van der Waals surface area contributed by atoms with Crippen LogP contribution >= 0.6 is 0 Å². The Bertz CT molecular complexity index is 147. The fourth-order valence-electron chi connectivity index (χ4n) is 1.71. The molecule has 11 heavy (non-hydrogen) atoms. The van der Waals surface area contributed by atoms with Crippen LogP contribution in [0.25, 0.3) is 0 Å². The van der Waals surface area contributed by atoms with E-state index >= 15 is 0 Å². The third-order valence-electron chi connectivity index (χ3n) is 2.28. The molecule has 0 saturated heterocycles. The molecule has 0 aromatic carbocycles. The Morgan fingerprint density at radius 3 is 2.91 bits per heavy atom. The summed E-state index contributed by atoms with van der Waals surface area (Å²) < 4.78 is 0. The second-order valence-electron chi connectivity index (χ2n) is 3.18. The minimum atomic E-state index is 0.00958. The van der Waals surface area contributed by atoms with Crippen molar-refractivity contribution in [3.05, 3.63) is 0 Å². The number of carbonyl (C=O) groups is 1. The summed E-state index contributed by atoms with van der Waals surface area (Å²) >= 11 is 0. The number of hydrogen-bond donors (Lipinski definition) is 2. The molecule has 1 aliphatic carbocycles. The third-order valence-corrected chi connectivity index (χ3v) is 2.28. The van der Waals surface area contributed by atoms with Gasteiger partial charge in [0.1, 0.15) is 0 Å². The normalized spacial score (nSPS) is 30.4. The molecule has 1 saturated carbocycles. The third kappa shape index (κ3) is 2.19.